The van der Waals surface area contributed by atoms with E-state index in [9.17, 15) is 0 Å². The SMILES string of the molecule is COc1ccc(C2(C)CN(C)CCCN2)c(OC)c1. The summed E-state index contributed by atoms with van der Waals surface area (Å²) in [5.41, 5.74) is 1.09. The van der Waals surface area contributed by atoms with Crippen LogP contribution >= 0.6 is 0 Å². The molecule has 1 unspecified atom stereocenters. The van der Waals surface area contributed by atoms with Gasteiger partial charge in [0.05, 0.1) is 19.8 Å². The van der Waals surface area contributed by atoms with Crippen LogP contribution in [0.1, 0.15) is 18.9 Å². The van der Waals surface area contributed by atoms with E-state index in [1.807, 2.05) is 12.1 Å². The zero-order valence-electron chi connectivity index (χ0n) is 12.3. The van der Waals surface area contributed by atoms with Crippen LogP contribution in [0.2, 0.25) is 0 Å². The Hall–Kier alpha value is -1.26. The summed E-state index contributed by atoms with van der Waals surface area (Å²) in [6.07, 6.45) is 1.17. The lowest BCUT2D eigenvalue weighted by atomic mass is 9.90. The molecule has 1 heterocycles. The van der Waals surface area contributed by atoms with E-state index in [1.54, 1.807) is 14.2 Å². The first kappa shape index (κ1) is 14.2. The molecule has 1 saturated heterocycles. The summed E-state index contributed by atoms with van der Waals surface area (Å²) in [4.78, 5) is 2.36. The number of hydrogen-bond donors (Lipinski definition) is 1. The number of rotatable bonds is 3. The third kappa shape index (κ3) is 3.01. The monoisotopic (exact) mass is 264 g/mol. The normalized spacial score (nSPS) is 24.8. The first-order valence-electron chi connectivity index (χ1n) is 6.75. The smallest absolute Gasteiger partial charge is 0.127 e. The first-order valence-corrected chi connectivity index (χ1v) is 6.75. The highest BCUT2D eigenvalue weighted by Crippen LogP contribution is 2.34. The molecule has 2 rings (SSSR count). The quantitative estimate of drug-likeness (QED) is 0.903. The number of methoxy groups -OCH3 is 2. The summed E-state index contributed by atoms with van der Waals surface area (Å²) < 4.78 is 10.8. The number of benzene rings is 1. The van der Waals surface area contributed by atoms with Crippen LogP contribution in [0.3, 0.4) is 0 Å². The second-order valence-electron chi connectivity index (χ2n) is 5.42. The van der Waals surface area contributed by atoms with E-state index in [4.69, 9.17) is 9.47 Å². The Labute approximate surface area is 115 Å². The first-order chi connectivity index (χ1) is 9.09. The molecule has 19 heavy (non-hydrogen) atoms. The summed E-state index contributed by atoms with van der Waals surface area (Å²) in [5.74, 6) is 1.70. The number of nitrogens with zero attached hydrogens (tertiary/aromatic N) is 1. The van der Waals surface area contributed by atoms with Crippen LogP contribution in [0.5, 0.6) is 11.5 Å². The zero-order chi connectivity index (χ0) is 13.9. The van der Waals surface area contributed by atoms with Crippen molar-refractivity contribution in [2.24, 2.45) is 0 Å². The number of hydrogen-bond acceptors (Lipinski definition) is 4. The molecule has 4 nitrogen and oxygen atoms in total. The van der Waals surface area contributed by atoms with E-state index >= 15 is 0 Å². The van der Waals surface area contributed by atoms with E-state index < -0.39 is 0 Å². The largest absolute Gasteiger partial charge is 0.497 e. The van der Waals surface area contributed by atoms with Gasteiger partial charge in [-0.15, -0.1) is 0 Å². The van der Waals surface area contributed by atoms with Crippen LogP contribution in [-0.2, 0) is 5.54 Å². The van der Waals surface area contributed by atoms with Gasteiger partial charge in [0.1, 0.15) is 11.5 Å². The average Bonchev–Trinajstić information content (AvgIpc) is 2.59. The van der Waals surface area contributed by atoms with Gasteiger partial charge in [0, 0.05) is 18.2 Å². The van der Waals surface area contributed by atoms with Gasteiger partial charge >= 0.3 is 0 Å². The van der Waals surface area contributed by atoms with Crippen molar-refractivity contribution in [1.29, 1.82) is 0 Å². The fraction of sp³-hybridized carbons (Fsp3) is 0.600. The molecule has 106 valence electrons. The van der Waals surface area contributed by atoms with Crippen LogP contribution in [0, 0.1) is 0 Å². The molecule has 1 aliphatic heterocycles. The van der Waals surface area contributed by atoms with E-state index in [1.165, 1.54) is 12.0 Å². The van der Waals surface area contributed by atoms with Crippen molar-refractivity contribution in [3.8, 4) is 11.5 Å². The summed E-state index contributed by atoms with van der Waals surface area (Å²) in [5, 5.41) is 3.65. The molecule has 0 aliphatic carbocycles. The summed E-state index contributed by atoms with van der Waals surface area (Å²) in [6, 6.07) is 6.05. The molecular weight excluding hydrogens is 240 g/mol. The molecule has 0 saturated carbocycles. The molecule has 1 fully saturated rings. The molecule has 1 aromatic carbocycles. The molecule has 0 bridgehead atoms. The maximum atomic E-state index is 5.54. The van der Waals surface area contributed by atoms with Crippen molar-refractivity contribution in [3.63, 3.8) is 0 Å². The van der Waals surface area contributed by atoms with Gasteiger partial charge in [0.2, 0.25) is 0 Å². The molecule has 4 heteroatoms. The van der Waals surface area contributed by atoms with Crippen molar-refractivity contribution < 1.29 is 9.47 Å². The van der Waals surface area contributed by atoms with Gasteiger partial charge in [0.25, 0.3) is 0 Å². The average molecular weight is 264 g/mol. The van der Waals surface area contributed by atoms with Crippen LogP contribution in [0.25, 0.3) is 0 Å². The molecule has 1 N–H and O–H groups in total. The molecular formula is C15H24N2O2. The van der Waals surface area contributed by atoms with Crippen LogP contribution < -0.4 is 14.8 Å². The lowest BCUT2D eigenvalue weighted by Gasteiger charge is -2.33. The summed E-state index contributed by atoms with van der Waals surface area (Å²) >= 11 is 0. The second kappa shape index (κ2) is 5.80. The Kier molecular flexibility index (Phi) is 4.32. The van der Waals surface area contributed by atoms with Gasteiger partial charge in [0.15, 0.2) is 0 Å². The minimum absolute atomic E-state index is 0.0944. The maximum Gasteiger partial charge on any atom is 0.127 e. The predicted octanol–water partition coefficient (Wildman–Crippen LogP) is 1.84. The van der Waals surface area contributed by atoms with Gasteiger partial charge in [-0.2, -0.15) is 0 Å². The van der Waals surface area contributed by atoms with Crippen LogP contribution in [0.4, 0.5) is 0 Å². The second-order valence-corrected chi connectivity index (χ2v) is 5.42. The molecule has 0 amide bonds. The standard InChI is InChI=1S/C15H24N2O2/c1-15(11-17(2)9-5-8-16-15)13-7-6-12(18-3)10-14(13)19-4/h6-7,10,16H,5,8-9,11H2,1-4H3. The lowest BCUT2D eigenvalue weighted by molar-refractivity contribution is 0.252. The molecule has 0 spiro atoms. The Morgan fingerprint density at radius 2 is 2.05 bits per heavy atom. The minimum atomic E-state index is -0.0944. The van der Waals surface area contributed by atoms with Gasteiger partial charge in [-0.1, -0.05) is 0 Å². The van der Waals surface area contributed by atoms with Crippen molar-refractivity contribution in [2.75, 3.05) is 40.9 Å². The summed E-state index contributed by atoms with van der Waals surface area (Å²) in [7, 11) is 5.55. The van der Waals surface area contributed by atoms with Crippen LogP contribution in [0.15, 0.2) is 18.2 Å². The van der Waals surface area contributed by atoms with Gasteiger partial charge in [-0.25, -0.2) is 0 Å². The fourth-order valence-corrected chi connectivity index (χ4v) is 2.82. The minimum Gasteiger partial charge on any atom is -0.497 e. The lowest BCUT2D eigenvalue weighted by Crippen LogP contribution is -2.45. The van der Waals surface area contributed by atoms with Crippen molar-refractivity contribution in [2.45, 2.75) is 18.9 Å². The molecule has 0 radical (unpaired) electrons. The van der Waals surface area contributed by atoms with Crippen molar-refractivity contribution in [3.05, 3.63) is 23.8 Å². The highest BCUT2D eigenvalue weighted by Gasteiger charge is 2.32. The molecule has 1 atom stereocenters. The van der Waals surface area contributed by atoms with Crippen molar-refractivity contribution >= 4 is 0 Å². The molecule has 1 aromatic rings. The van der Waals surface area contributed by atoms with E-state index in [2.05, 4.69) is 30.3 Å². The van der Waals surface area contributed by atoms with E-state index in [-0.39, 0.29) is 5.54 Å². The molecule has 0 aromatic heterocycles. The Bertz CT molecular complexity index is 436. The predicted molar refractivity (Wildman–Crippen MR) is 77.0 cm³/mol. The number of ether oxygens (including phenoxy) is 2. The van der Waals surface area contributed by atoms with Gasteiger partial charge < -0.3 is 19.7 Å². The third-order valence-corrected chi connectivity index (χ3v) is 3.82. The Balaban J connectivity index is 2.37. The Morgan fingerprint density at radius 1 is 1.26 bits per heavy atom. The highest BCUT2D eigenvalue weighted by molar-refractivity contribution is 5.44. The third-order valence-electron chi connectivity index (χ3n) is 3.82. The zero-order valence-corrected chi connectivity index (χ0v) is 12.3. The van der Waals surface area contributed by atoms with Gasteiger partial charge in [-0.05, 0) is 45.6 Å². The fourth-order valence-electron chi connectivity index (χ4n) is 2.82. The number of nitrogens with one attached hydrogen (secondary N) is 1. The van der Waals surface area contributed by atoms with Crippen LogP contribution in [-0.4, -0.2) is 45.8 Å². The summed E-state index contributed by atoms with van der Waals surface area (Å²) in [6.45, 7) is 5.35. The van der Waals surface area contributed by atoms with Crippen molar-refractivity contribution in [1.82, 2.24) is 10.2 Å². The Morgan fingerprint density at radius 3 is 2.74 bits per heavy atom. The van der Waals surface area contributed by atoms with E-state index in [0.29, 0.717) is 0 Å². The van der Waals surface area contributed by atoms with Gasteiger partial charge in [-0.3, -0.25) is 0 Å². The maximum absolute atomic E-state index is 5.54. The molecule has 1 aliphatic rings. The number of likely N-dealkylation sites (N-methyl/N-ethyl adjacent to an activating group) is 1. The van der Waals surface area contributed by atoms with E-state index in [0.717, 1.165) is 31.1 Å². The highest BCUT2D eigenvalue weighted by atomic mass is 16.5. The topological polar surface area (TPSA) is 33.7 Å².